The molecule has 7 heteroatoms. The van der Waals surface area contributed by atoms with Gasteiger partial charge in [-0.25, -0.2) is 4.39 Å². The molecule has 1 fully saturated rings. The van der Waals surface area contributed by atoms with Gasteiger partial charge in [-0.1, -0.05) is 37.5 Å². The van der Waals surface area contributed by atoms with Gasteiger partial charge in [0.25, 0.3) is 5.91 Å². The van der Waals surface area contributed by atoms with Gasteiger partial charge in [0.05, 0.1) is 18.5 Å². The molecule has 1 heterocycles. The second kappa shape index (κ2) is 8.65. The molecular formula is C23H24FN3O3. The number of H-pyrrole nitrogens is 1. The third kappa shape index (κ3) is 3.92. The largest absolute Gasteiger partial charge is 0.497 e. The minimum absolute atomic E-state index is 0.00400. The molecule has 1 unspecified atom stereocenters. The zero-order valence-electron chi connectivity index (χ0n) is 16.8. The van der Waals surface area contributed by atoms with Gasteiger partial charge in [0, 0.05) is 0 Å². The summed E-state index contributed by atoms with van der Waals surface area (Å²) in [5, 5.41) is 9.52. The normalized spacial score (nSPS) is 15.7. The number of fused-ring (bicyclic) bond motifs is 1. The quantitative estimate of drug-likeness (QED) is 0.664. The molecule has 0 bridgehead atoms. The van der Waals surface area contributed by atoms with E-state index in [2.05, 4.69) is 15.5 Å². The SMILES string of the molecule is COc1cccc(C(NC(=O)c2n[nH]c3c(F)cccc3c2=O)C2CCCCC2)c1. The average molecular weight is 409 g/mol. The van der Waals surface area contributed by atoms with Gasteiger partial charge < -0.3 is 10.1 Å². The molecule has 0 radical (unpaired) electrons. The molecule has 4 rings (SSSR count). The summed E-state index contributed by atoms with van der Waals surface area (Å²) in [6, 6.07) is 11.5. The lowest BCUT2D eigenvalue weighted by atomic mass is 9.81. The molecule has 1 saturated carbocycles. The summed E-state index contributed by atoms with van der Waals surface area (Å²) in [7, 11) is 1.60. The number of hydrogen-bond donors (Lipinski definition) is 2. The Labute approximate surface area is 173 Å². The van der Waals surface area contributed by atoms with Crippen molar-refractivity contribution in [3.8, 4) is 5.75 Å². The van der Waals surface area contributed by atoms with Gasteiger partial charge in [0.15, 0.2) is 5.69 Å². The fraction of sp³-hybridized carbons (Fsp3) is 0.348. The van der Waals surface area contributed by atoms with Crippen LogP contribution in [0.1, 0.15) is 54.2 Å². The molecule has 2 N–H and O–H groups in total. The summed E-state index contributed by atoms with van der Waals surface area (Å²) in [6.45, 7) is 0. The Kier molecular flexibility index (Phi) is 5.79. The molecule has 1 aliphatic rings. The van der Waals surface area contributed by atoms with E-state index in [1.54, 1.807) is 7.11 Å². The van der Waals surface area contributed by atoms with Crippen molar-refractivity contribution < 1.29 is 13.9 Å². The van der Waals surface area contributed by atoms with Gasteiger partial charge in [-0.05, 0) is 48.6 Å². The molecule has 0 spiro atoms. The van der Waals surface area contributed by atoms with E-state index in [0.29, 0.717) is 5.75 Å². The van der Waals surface area contributed by atoms with Crippen molar-refractivity contribution in [2.75, 3.05) is 7.11 Å². The van der Waals surface area contributed by atoms with E-state index < -0.39 is 17.2 Å². The fourth-order valence-corrected chi connectivity index (χ4v) is 4.26. The second-order valence-electron chi connectivity index (χ2n) is 7.69. The van der Waals surface area contributed by atoms with E-state index in [9.17, 15) is 14.0 Å². The van der Waals surface area contributed by atoms with Crippen LogP contribution in [0.2, 0.25) is 0 Å². The number of hydrogen-bond acceptors (Lipinski definition) is 4. The standard InChI is InChI=1S/C23H24FN3O3/c1-30-16-10-5-9-15(13-16)19(14-7-3-2-4-8-14)25-23(29)21-22(28)17-11-6-12-18(24)20(17)26-27-21/h5-6,9-14,19H,2-4,7-8H2,1H3,(H,25,29)(H,26,28). The van der Waals surface area contributed by atoms with Crippen molar-refractivity contribution in [3.05, 3.63) is 69.8 Å². The van der Waals surface area contributed by atoms with Gasteiger partial charge in [-0.3, -0.25) is 14.7 Å². The van der Waals surface area contributed by atoms with Crippen LogP contribution in [0.5, 0.6) is 5.75 Å². The molecule has 1 amide bonds. The van der Waals surface area contributed by atoms with Crippen molar-refractivity contribution in [2.24, 2.45) is 5.92 Å². The maximum absolute atomic E-state index is 13.9. The summed E-state index contributed by atoms with van der Waals surface area (Å²) >= 11 is 0. The Hall–Kier alpha value is -3.22. The van der Waals surface area contributed by atoms with E-state index in [-0.39, 0.29) is 28.6 Å². The highest BCUT2D eigenvalue weighted by atomic mass is 19.1. The van der Waals surface area contributed by atoms with Gasteiger partial charge in [0.1, 0.15) is 17.1 Å². The first-order valence-electron chi connectivity index (χ1n) is 10.2. The zero-order chi connectivity index (χ0) is 21.1. The summed E-state index contributed by atoms with van der Waals surface area (Å²) in [6.07, 6.45) is 5.39. The first kappa shape index (κ1) is 20.1. The number of nitrogens with zero attached hydrogens (tertiary/aromatic N) is 1. The van der Waals surface area contributed by atoms with Crippen molar-refractivity contribution in [1.82, 2.24) is 15.5 Å². The van der Waals surface area contributed by atoms with E-state index >= 15 is 0 Å². The van der Waals surface area contributed by atoms with Crippen molar-refractivity contribution in [3.63, 3.8) is 0 Å². The van der Waals surface area contributed by atoms with Gasteiger partial charge in [-0.15, -0.1) is 0 Å². The van der Waals surface area contributed by atoms with Crippen molar-refractivity contribution in [2.45, 2.75) is 38.1 Å². The Morgan fingerprint density at radius 2 is 1.97 bits per heavy atom. The van der Waals surface area contributed by atoms with Crippen LogP contribution in [0.25, 0.3) is 10.9 Å². The lowest BCUT2D eigenvalue weighted by Crippen LogP contribution is -2.37. The number of carbonyl (C=O) groups excluding carboxylic acids is 1. The number of nitrogens with one attached hydrogen (secondary N) is 2. The highest BCUT2D eigenvalue weighted by molar-refractivity contribution is 5.95. The number of benzene rings is 2. The van der Waals surface area contributed by atoms with Crippen LogP contribution >= 0.6 is 0 Å². The molecule has 0 saturated heterocycles. The molecule has 0 aliphatic heterocycles. The van der Waals surface area contributed by atoms with Gasteiger partial charge in [-0.2, -0.15) is 5.10 Å². The zero-order valence-corrected chi connectivity index (χ0v) is 16.8. The molecule has 1 aliphatic carbocycles. The number of halogens is 1. The number of aromatic amines is 1. The number of ether oxygens (including phenoxy) is 1. The third-order valence-electron chi connectivity index (χ3n) is 5.83. The number of carbonyl (C=O) groups is 1. The average Bonchev–Trinajstić information content (AvgIpc) is 2.78. The topological polar surface area (TPSA) is 84.1 Å². The lowest BCUT2D eigenvalue weighted by molar-refractivity contribution is 0.0905. The number of methoxy groups -OCH3 is 1. The maximum atomic E-state index is 13.9. The van der Waals surface area contributed by atoms with E-state index in [0.717, 1.165) is 31.2 Å². The highest BCUT2D eigenvalue weighted by Crippen LogP contribution is 2.35. The summed E-state index contributed by atoms with van der Waals surface area (Å²) in [5.74, 6) is -0.187. The van der Waals surface area contributed by atoms with Crippen LogP contribution in [0, 0.1) is 11.7 Å². The first-order chi connectivity index (χ1) is 14.6. The van der Waals surface area contributed by atoms with Crippen LogP contribution in [0.15, 0.2) is 47.3 Å². The Bertz CT molecular complexity index is 1120. The third-order valence-corrected chi connectivity index (χ3v) is 5.83. The lowest BCUT2D eigenvalue weighted by Gasteiger charge is -2.31. The molecule has 1 aromatic heterocycles. The highest BCUT2D eigenvalue weighted by Gasteiger charge is 2.28. The van der Waals surface area contributed by atoms with Crippen LogP contribution in [0.4, 0.5) is 4.39 Å². The van der Waals surface area contributed by atoms with E-state index in [1.165, 1.54) is 24.6 Å². The summed E-state index contributed by atoms with van der Waals surface area (Å²) < 4.78 is 19.3. The summed E-state index contributed by atoms with van der Waals surface area (Å²) in [5.41, 5.74) is 0.0686. The Balaban J connectivity index is 1.69. The smallest absolute Gasteiger partial charge is 0.276 e. The first-order valence-corrected chi connectivity index (χ1v) is 10.2. The Morgan fingerprint density at radius 3 is 2.73 bits per heavy atom. The monoisotopic (exact) mass is 409 g/mol. The maximum Gasteiger partial charge on any atom is 0.276 e. The second-order valence-corrected chi connectivity index (χ2v) is 7.69. The molecule has 30 heavy (non-hydrogen) atoms. The number of aromatic nitrogens is 2. The predicted octanol–water partition coefficient (Wildman–Crippen LogP) is 4.12. The Morgan fingerprint density at radius 1 is 1.20 bits per heavy atom. The number of rotatable bonds is 5. The van der Waals surface area contributed by atoms with E-state index in [1.807, 2.05) is 24.3 Å². The minimum atomic E-state index is -0.589. The van der Waals surface area contributed by atoms with Crippen LogP contribution in [-0.2, 0) is 0 Å². The molecule has 1 atom stereocenters. The number of amides is 1. The molecule has 6 nitrogen and oxygen atoms in total. The van der Waals surface area contributed by atoms with Crippen molar-refractivity contribution in [1.29, 1.82) is 0 Å². The predicted molar refractivity (Wildman–Crippen MR) is 112 cm³/mol. The van der Waals surface area contributed by atoms with Crippen LogP contribution in [0.3, 0.4) is 0 Å². The van der Waals surface area contributed by atoms with Crippen molar-refractivity contribution >= 4 is 16.8 Å². The molecular weight excluding hydrogens is 385 g/mol. The molecule has 3 aromatic rings. The number of para-hydroxylation sites is 1. The van der Waals surface area contributed by atoms with Crippen LogP contribution < -0.4 is 15.5 Å². The van der Waals surface area contributed by atoms with Gasteiger partial charge in [0.2, 0.25) is 5.43 Å². The van der Waals surface area contributed by atoms with Crippen LogP contribution in [-0.4, -0.2) is 23.2 Å². The van der Waals surface area contributed by atoms with Gasteiger partial charge >= 0.3 is 0 Å². The molecule has 156 valence electrons. The molecule has 2 aromatic carbocycles. The van der Waals surface area contributed by atoms with E-state index in [4.69, 9.17) is 4.74 Å². The fourth-order valence-electron chi connectivity index (χ4n) is 4.26. The minimum Gasteiger partial charge on any atom is -0.497 e. The summed E-state index contributed by atoms with van der Waals surface area (Å²) in [4.78, 5) is 25.8.